The molecule has 0 saturated carbocycles. The van der Waals surface area contributed by atoms with E-state index < -0.39 is 0 Å². The Balaban J connectivity index is 2.04. The van der Waals surface area contributed by atoms with Gasteiger partial charge in [0.25, 0.3) is 0 Å². The zero-order chi connectivity index (χ0) is 14.4. The number of aromatic nitrogens is 7. The average Bonchev–Trinajstić information content (AvgIpc) is 3.17. The zero-order valence-corrected chi connectivity index (χ0v) is 11.6. The van der Waals surface area contributed by atoms with Crippen LogP contribution in [-0.4, -0.2) is 34.7 Å². The van der Waals surface area contributed by atoms with Crippen molar-refractivity contribution in [3.63, 3.8) is 0 Å². The van der Waals surface area contributed by atoms with E-state index in [1.165, 1.54) is 0 Å². The molecule has 0 fully saturated rings. The van der Waals surface area contributed by atoms with Gasteiger partial charge in [-0.3, -0.25) is 14.5 Å². The molecule has 0 aromatic carbocycles. The number of pyridine rings is 1. The summed E-state index contributed by atoms with van der Waals surface area (Å²) in [6.45, 7) is 0. The molecular formula is C14H13N7. The van der Waals surface area contributed by atoms with Gasteiger partial charge in [0.05, 0.1) is 23.3 Å². The molecule has 7 heteroatoms. The number of hydrogen-bond donors (Lipinski definition) is 1. The normalized spacial score (nSPS) is 11.3. The molecule has 21 heavy (non-hydrogen) atoms. The minimum Gasteiger partial charge on any atom is -0.268 e. The molecular weight excluding hydrogens is 266 g/mol. The molecule has 0 unspecified atom stereocenters. The molecule has 0 saturated heterocycles. The lowest BCUT2D eigenvalue weighted by atomic mass is 10.1. The van der Waals surface area contributed by atoms with Gasteiger partial charge in [0.2, 0.25) is 0 Å². The first-order valence-electron chi connectivity index (χ1n) is 6.55. The standard InChI is InChI=1S/C14H13N7/c1-20-12(3-5-16-20)9-7-11(13-4-6-17-21(13)2)18-14-10(9)8-15-19-14/h3-8H,1-2H3,(H,15,18,19). The van der Waals surface area contributed by atoms with Gasteiger partial charge in [-0.05, 0) is 18.2 Å². The van der Waals surface area contributed by atoms with Gasteiger partial charge in [-0.2, -0.15) is 15.3 Å². The van der Waals surface area contributed by atoms with E-state index in [1.54, 1.807) is 23.3 Å². The van der Waals surface area contributed by atoms with E-state index in [0.717, 1.165) is 33.7 Å². The van der Waals surface area contributed by atoms with Crippen LogP contribution in [0.15, 0.2) is 36.8 Å². The summed E-state index contributed by atoms with van der Waals surface area (Å²) in [7, 11) is 3.82. The molecule has 4 rings (SSSR count). The first kappa shape index (κ1) is 11.8. The van der Waals surface area contributed by atoms with E-state index >= 15 is 0 Å². The highest BCUT2D eigenvalue weighted by Gasteiger charge is 2.14. The van der Waals surface area contributed by atoms with E-state index in [4.69, 9.17) is 0 Å². The van der Waals surface area contributed by atoms with E-state index in [0.29, 0.717) is 0 Å². The molecule has 0 aliphatic heterocycles. The highest BCUT2D eigenvalue weighted by atomic mass is 15.3. The monoisotopic (exact) mass is 279 g/mol. The van der Waals surface area contributed by atoms with Crippen LogP contribution in [0.3, 0.4) is 0 Å². The predicted octanol–water partition coefficient (Wildman–Crippen LogP) is 1.76. The summed E-state index contributed by atoms with van der Waals surface area (Å²) in [5.41, 5.74) is 4.62. The Kier molecular flexibility index (Phi) is 2.41. The van der Waals surface area contributed by atoms with E-state index in [2.05, 4.69) is 25.4 Å². The Bertz CT molecular complexity index is 928. The molecule has 0 spiro atoms. The third kappa shape index (κ3) is 1.74. The van der Waals surface area contributed by atoms with Gasteiger partial charge in [-0.25, -0.2) is 4.98 Å². The quantitative estimate of drug-likeness (QED) is 0.606. The summed E-state index contributed by atoms with van der Waals surface area (Å²) >= 11 is 0. The van der Waals surface area contributed by atoms with Crippen LogP contribution in [-0.2, 0) is 14.1 Å². The SMILES string of the molecule is Cn1nccc1-c1cc(-c2ccnn2C)c2cn[nH]c2n1. The van der Waals surface area contributed by atoms with Gasteiger partial charge in [0, 0.05) is 37.4 Å². The topological polar surface area (TPSA) is 77.2 Å². The lowest BCUT2D eigenvalue weighted by Crippen LogP contribution is -1.98. The van der Waals surface area contributed by atoms with Crippen molar-refractivity contribution in [1.82, 2.24) is 34.7 Å². The summed E-state index contributed by atoms with van der Waals surface area (Å²) in [5, 5.41) is 16.5. The van der Waals surface area contributed by atoms with Crippen LogP contribution in [0.25, 0.3) is 33.7 Å². The number of hydrogen-bond acceptors (Lipinski definition) is 4. The fourth-order valence-corrected chi connectivity index (χ4v) is 2.54. The number of rotatable bonds is 2. The lowest BCUT2D eigenvalue weighted by molar-refractivity contribution is 0.772. The van der Waals surface area contributed by atoms with Crippen molar-refractivity contribution in [2.24, 2.45) is 14.1 Å². The highest BCUT2D eigenvalue weighted by molar-refractivity contribution is 5.93. The number of fused-ring (bicyclic) bond motifs is 1. The van der Waals surface area contributed by atoms with E-state index in [-0.39, 0.29) is 0 Å². The first-order valence-corrected chi connectivity index (χ1v) is 6.55. The first-order chi connectivity index (χ1) is 10.2. The van der Waals surface area contributed by atoms with Gasteiger partial charge in [-0.1, -0.05) is 0 Å². The summed E-state index contributed by atoms with van der Waals surface area (Å²) in [6, 6.07) is 5.97. The van der Waals surface area contributed by atoms with Crippen LogP contribution >= 0.6 is 0 Å². The largest absolute Gasteiger partial charge is 0.268 e. The number of nitrogens with zero attached hydrogens (tertiary/aromatic N) is 6. The second-order valence-electron chi connectivity index (χ2n) is 4.87. The van der Waals surface area contributed by atoms with Crippen molar-refractivity contribution in [2.45, 2.75) is 0 Å². The molecule has 0 aliphatic rings. The van der Waals surface area contributed by atoms with Crippen molar-refractivity contribution in [1.29, 1.82) is 0 Å². The number of H-pyrrole nitrogens is 1. The van der Waals surface area contributed by atoms with Gasteiger partial charge in [0.15, 0.2) is 5.65 Å². The van der Waals surface area contributed by atoms with Crippen molar-refractivity contribution < 1.29 is 0 Å². The van der Waals surface area contributed by atoms with Crippen LogP contribution in [0.4, 0.5) is 0 Å². The maximum absolute atomic E-state index is 4.63. The third-order valence-corrected chi connectivity index (χ3v) is 3.60. The molecule has 0 bridgehead atoms. The van der Waals surface area contributed by atoms with Crippen LogP contribution in [0.1, 0.15) is 0 Å². The number of nitrogens with one attached hydrogen (secondary N) is 1. The molecule has 0 aliphatic carbocycles. The molecule has 4 aromatic rings. The van der Waals surface area contributed by atoms with Crippen molar-refractivity contribution in [2.75, 3.05) is 0 Å². The predicted molar refractivity (Wildman–Crippen MR) is 78.3 cm³/mol. The van der Waals surface area contributed by atoms with Crippen LogP contribution in [0.2, 0.25) is 0 Å². The maximum atomic E-state index is 4.63. The summed E-state index contributed by atoms with van der Waals surface area (Å²) in [6.07, 6.45) is 5.33. The minimum absolute atomic E-state index is 0.755. The molecule has 104 valence electrons. The van der Waals surface area contributed by atoms with Crippen molar-refractivity contribution >= 4 is 11.0 Å². The van der Waals surface area contributed by atoms with Crippen LogP contribution in [0, 0.1) is 0 Å². The van der Waals surface area contributed by atoms with Crippen molar-refractivity contribution in [3.8, 4) is 22.6 Å². The second kappa shape index (κ2) is 4.27. The van der Waals surface area contributed by atoms with Gasteiger partial charge < -0.3 is 0 Å². The minimum atomic E-state index is 0.755. The highest BCUT2D eigenvalue weighted by Crippen LogP contribution is 2.30. The van der Waals surface area contributed by atoms with Crippen molar-refractivity contribution in [3.05, 3.63) is 36.8 Å². The van der Waals surface area contributed by atoms with Crippen LogP contribution < -0.4 is 0 Å². The molecule has 0 atom stereocenters. The molecule has 0 amide bonds. The van der Waals surface area contributed by atoms with E-state index in [9.17, 15) is 0 Å². The molecule has 0 radical (unpaired) electrons. The Morgan fingerprint density at radius 1 is 1.00 bits per heavy atom. The van der Waals surface area contributed by atoms with Gasteiger partial charge in [-0.15, -0.1) is 0 Å². The van der Waals surface area contributed by atoms with Crippen LogP contribution in [0.5, 0.6) is 0 Å². The van der Waals surface area contributed by atoms with E-state index in [1.807, 2.05) is 37.0 Å². The molecule has 7 nitrogen and oxygen atoms in total. The maximum Gasteiger partial charge on any atom is 0.156 e. The molecule has 4 aromatic heterocycles. The Morgan fingerprint density at radius 3 is 2.38 bits per heavy atom. The third-order valence-electron chi connectivity index (χ3n) is 3.60. The Morgan fingerprint density at radius 2 is 1.71 bits per heavy atom. The fraction of sp³-hybridized carbons (Fsp3) is 0.143. The summed E-state index contributed by atoms with van der Waals surface area (Å²) < 4.78 is 3.65. The van der Waals surface area contributed by atoms with Gasteiger partial charge in [0.1, 0.15) is 0 Å². The summed E-state index contributed by atoms with van der Waals surface area (Å²) in [4.78, 5) is 4.63. The Hall–Kier alpha value is -2.96. The molecule has 4 heterocycles. The Labute approximate surface area is 120 Å². The summed E-state index contributed by atoms with van der Waals surface area (Å²) in [5.74, 6) is 0. The smallest absolute Gasteiger partial charge is 0.156 e. The number of aromatic amines is 1. The average molecular weight is 279 g/mol. The second-order valence-corrected chi connectivity index (χ2v) is 4.87. The zero-order valence-electron chi connectivity index (χ0n) is 11.6. The van der Waals surface area contributed by atoms with Gasteiger partial charge >= 0.3 is 0 Å². The fourth-order valence-electron chi connectivity index (χ4n) is 2.54. The lowest BCUT2D eigenvalue weighted by Gasteiger charge is -2.07. The number of aryl methyl sites for hydroxylation is 2. The molecule has 1 N–H and O–H groups in total.